The van der Waals surface area contributed by atoms with Crippen LogP contribution < -0.4 is 10.9 Å². The van der Waals surface area contributed by atoms with E-state index in [1.165, 1.54) is 7.05 Å². The fraction of sp³-hybridized carbons (Fsp3) is 1.00. The second kappa shape index (κ2) is 7.12. The van der Waals surface area contributed by atoms with Crippen molar-refractivity contribution in [1.29, 1.82) is 0 Å². The lowest BCUT2D eigenvalue weighted by atomic mass is 11.6. The van der Waals surface area contributed by atoms with Gasteiger partial charge in [-0.25, -0.2) is 5.14 Å². The van der Waals surface area contributed by atoms with Gasteiger partial charge in [0.25, 0.3) is 0 Å². The van der Waals surface area contributed by atoms with Gasteiger partial charge in [0.15, 0.2) is 0 Å². The van der Waals surface area contributed by atoms with Crippen molar-refractivity contribution in [3.63, 3.8) is 0 Å². The van der Waals surface area contributed by atoms with E-state index in [0.717, 1.165) is 0 Å². The van der Waals surface area contributed by atoms with Gasteiger partial charge in [-0.05, 0) is 7.05 Å². The van der Waals surface area contributed by atoms with E-state index in [1.54, 1.807) is 0 Å². The van der Waals surface area contributed by atoms with Crippen LogP contribution in [0.2, 0.25) is 0 Å². The van der Waals surface area contributed by atoms with Gasteiger partial charge in [-0.2, -0.15) is 8.42 Å². The van der Waals surface area contributed by atoms with Crippen LogP contribution in [0.4, 0.5) is 0 Å². The van der Waals surface area contributed by atoms with Gasteiger partial charge in [-0.3, -0.25) is 4.55 Å². The molecule has 5 nitrogen and oxygen atoms in total. The average Bonchev–Trinajstić information content (AvgIpc) is 1.36. The number of hydrogen-bond acceptors (Lipinski definition) is 3. The molecule has 0 aromatic rings. The molecule has 0 rings (SSSR count). The normalized spacial score (nSPS) is 8.00. The minimum absolute atomic E-state index is 0. The molecule has 54 valence electrons. The van der Waals surface area contributed by atoms with Crippen LogP contribution in [0.3, 0.4) is 0 Å². The van der Waals surface area contributed by atoms with E-state index in [0.29, 0.717) is 0 Å². The first-order chi connectivity index (χ1) is 3.00. The Labute approximate surface area is 54.3 Å². The molecule has 0 saturated heterocycles. The smallest absolute Gasteiger partial charge is 0.330 e. The third kappa shape index (κ3) is 11100. The predicted molar refractivity (Wildman–Crippen MR) is 33.1 cm³/mol. The highest BCUT2D eigenvalue weighted by molar-refractivity contribution is 7.83. The maximum atomic E-state index is 8.97. The summed E-state index contributed by atoms with van der Waals surface area (Å²) in [6.45, 7) is 0. The fourth-order valence-corrected chi connectivity index (χ4v) is 0. The van der Waals surface area contributed by atoms with E-state index in [2.05, 4.69) is 10.9 Å². The summed E-state index contributed by atoms with van der Waals surface area (Å²) >= 11 is 0. The summed E-state index contributed by atoms with van der Waals surface area (Å²) in [4.78, 5) is 0. The zero-order valence-electron chi connectivity index (χ0n) is 4.23. The van der Waals surface area contributed by atoms with Crippen molar-refractivity contribution in [2.75, 3.05) is 7.05 Å². The molecule has 0 heterocycles. The van der Waals surface area contributed by atoms with E-state index >= 15 is 0 Å². The molecule has 8 heavy (non-hydrogen) atoms. The van der Waals surface area contributed by atoms with Gasteiger partial charge in [0.1, 0.15) is 0 Å². The van der Waals surface area contributed by atoms with Crippen LogP contribution in [-0.4, -0.2) is 20.0 Å². The van der Waals surface area contributed by atoms with Crippen molar-refractivity contribution in [2.45, 2.75) is 0 Å². The Balaban J connectivity index is -0.0000000750. The molecule has 0 fully saturated rings. The topological polar surface area (TPSA) is 106 Å². The lowest BCUT2D eigenvalue weighted by Gasteiger charge is -1.70. The summed E-state index contributed by atoms with van der Waals surface area (Å²) in [6, 6.07) is 0. The third-order valence-electron chi connectivity index (χ3n) is 0. The predicted octanol–water partition coefficient (Wildman–Crippen LogP) is -1.26. The van der Waals surface area contributed by atoms with Gasteiger partial charge in [0.05, 0.1) is 0 Å². The largest absolute Gasteiger partial charge is 0.333 e. The van der Waals surface area contributed by atoms with Crippen LogP contribution in [0.5, 0.6) is 0 Å². The quantitative estimate of drug-likeness (QED) is 0.389. The lowest BCUT2D eigenvalue weighted by Crippen LogP contribution is -2.08. The van der Waals surface area contributed by atoms with Gasteiger partial charge >= 0.3 is 10.3 Å². The maximum absolute atomic E-state index is 8.97. The van der Waals surface area contributed by atoms with Crippen LogP contribution in [0.25, 0.3) is 0 Å². The molecule has 0 aliphatic carbocycles. The van der Waals surface area contributed by atoms with Gasteiger partial charge in [-0.1, -0.05) is 0 Å². The summed E-state index contributed by atoms with van der Waals surface area (Å²) < 4.78 is 25.2. The van der Waals surface area contributed by atoms with E-state index in [4.69, 9.17) is 13.0 Å². The van der Waals surface area contributed by atoms with Crippen molar-refractivity contribution < 1.29 is 13.0 Å². The third-order valence-corrected chi connectivity index (χ3v) is 0. The fourth-order valence-electron chi connectivity index (χ4n) is 0. The minimum Gasteiger partial charge on any atom is -0.333 e. The molecular formula is CH9ClN2O3S. The number of halogens is 1. The molecule has 0 saturated carbocycles. The molecule has 7 heteroatoms. The summed E-state index contributed by atoms with van der Waals surface area (Å²) in [5.41, 5.74) is 4.50. The maximum Gasteiger partial charge on any atom is 0.330 e. The first-order valence-electron chi connectivity index (χ1n) is 1.33. The van der Waals surface area contributed by atoms with Crippen LogP contribution in [0, 0.1) is 0 Å². The summed E-state index contributed by atoms with van der Waals surface area (Å²) in [5.74, 6) is 0. The van der Waals surface area contributed by atoms with Gasteiger partial charge in [0, 0.05) is 0 Å². The minimum atomic E-state index is -4.17. The number of rotatable bonds is 0. The zero-order valence-corrected chi connectivity index (χ0v) is 5.87. The standard InChI is InChI=1S/CH5N.ClH.H3NO3S/c1-2;;1-5(2,3)4/h2H2,1H3;1H;(H3,1,2,3,4). The molecular weight excluding hydrogens is 156 g/mol. The lowest BCUT2D eigenvalue weighted by molar-refractivity contribution is 0.485. The molecule has 5 N–H and O–H groups in total. The SMILES string of the molecule is CN.Cl.NS(=O)(=O)O. The summed E-state index contributed by atoms with van der Waals surface area (Å²) in [5, 5.41) is 3.88. The Morgan fingerprint density at radius 2 is 1.38 bits per heavy atom. The second-order valence-corrected chi connectivity index (χ2v) is 1.54. The highest BCUT2D eigenvalue weighted by Gasteiger charge is 1.81. The van der Waals surface area contributed by atoms with Crippen molar-refractivity contribution >= 4 is 22.7 Å². The van der Waals surface area contributed by atoms with E-state index in [-0.39, 0.29) is 12.4 Å². The second-order valence-electron chi connectivity index (χ2n) is 0.515. The Morgan fingerprint density at radius 3 is 1.38 bits per heavy atom. The van der Waals surface area contributed by atoms with Crippen LogP contribution in [-0.2, 0) is 10.3 Å². The van der Waals surface area contributed by atoms with Crippen molar-refractivity contribution in [3.8, 4) is 0 Å². The number of nitrogens with two attached hydrogens (primary N) is 2. The molecule has 0 bridgehead atoms. The Kier molecular flexibility index (Phi) is 14.0. The highest BCUT2D eigenvalue weighted by atomic mass is 35.5. The average molecular weight is 165 g/mol. The first kappa shape index (κ1) is 15.7. The van der Waals surface area contributed by atoms with Crippen molar-refractivity contribution in [1.82, 2.24) is 0 Å². The Bertz CT molecular complexity index is 100. The molecule has 0 unspecified atom stereocenters. The zero-order chi connectivity index (χ0) is 6.50. The molecule has 0 aliphatic rings. The van der Waals surface area contributed by atoms with Crippen LogP contribution in [0.15, 0.2) is 0 Å². The van der Waals surface area contributed by atoms with E-state index in [1.807, 2.05) is 0 Å². The van der Waals surface area contributed by atoms with Gasteiger partial charge in [-0.15, -0.1) is 12.4 Å². The number of hydrogen-bond donors (Lipinski definition) is 3. The molecule has 0 aromatic carbocycles. The van der Waals surface area contributed by atoms with Crippen molar-refractivity contribution in [3.05, 3.63) is 0 Å². The Morgan fingerprint density at radius 1 is 1.38 bits per heavy atom. The monoisotopic (exact) mass is 164 g/mol. The molecule has 0 aromatic heterocycles. The summed E-state index contributed by atoms with van der Waals surface area (Å²) in [7, 11) is -2.67. The first-order valence-corrected chi connectivity index (χ1v) is 2.83. The highest BCUT2D eigenvalue weighted by Crippen LogP contribution is 1.50. The Hall–Kier alpha value is 0.120. The van der Waals surface area contributed by atoms with E-state index in [9.17, 15) is 0 Å². The van der Waals surface area contributed by atoms with Gasteiger partial charge < -0.3 is 5.73 Å². The van der Waals surface area contributed by atoms with Crippen LogP contribution in [0.1, 0.15) is 0 Å². The molecule has 0 radical (unpaired) electrons. The summed E-state index contributed by atoms with van der Waals surface area (Å²) in [6.07, 6.45) is 0. The van der Waals surface area contributed by atoms with Crippen molar-refractivity contribution in [2.24, 2.45) is 10.9 Å². The molecule has 0 spiro atoms. The van der Waals surface area contributed by atoms with E-state index < -0.39 is 10.3 Å². The van der Waals surface area contributed by atoms with Gasteiger partial charge in [0.2, 0.25) is 0 Å². The molecule has 0 atom stereocenters. The molecule has 0 aliphatic heterocycles. The molecule has 0 amide bonds. The van der Waals surface area contributed by atoms with Crippen LogP contribution >= 0.6 is 12.4 Å².